The standard InChI is InChI=1S/C12H16F3NO/c1-8-3-4-11(10(7-8)9(2)16)17-6-5-12(13,14)15/h3-4,7,9H,5-6,16H2,1-2H3/t9-/m1/s1. The summed E-state index contributed by atoms with van der Waals surface area (Å²) >= 11 is 0. The first-order valence-corrected chi connectivity index (χ1v) is 5.35. The monoisotopic (exact) mass is 247 g/mol. The van der Waals surface area contributed by atoms with E-state index in [0.717, 1.165) is 11.1 Å². The van der Waals surface area contributed by atoms with Crippen molar-refractivity contribution in [1.29, 1.82) is 0 Å². The Labute approximate surface area is 98.6 Å². The smallest absolute Gasteiger partial charge is 0.392 e. The normalized spacial score (nSPS) is 13.5. The zero-order valence-electron chi connectivity index (χ0n) is 9.84. The summed E-state index contributed by atoms with van der Waals surface area (Å²) in [7, 11) is 0. The Hall–Kier alpha value is -1.23. The highest BCUT2D eigenvalue weighted by atomic mass is 19.4. The molecule has 1 rings (SSSR count). The van der Waals surface area contributed by atoms with Gasteiger partial charge in [-0.1, -0.05) is 17.7 Å². The van der Waals surface area contributed by atoms with Gasteiger partial charge < -0.3 is 10.5 Å². The quantitative estimate of drug-likeness (QED) is 0.885. The maximum absolute atomic E-state index is 12.0. The van der Waals surface area contributed by atoms with Gasteiger partial charge in [0.15, 0.2) is 0 Å². The van der Waals surface area contributed by atoms with Gasteiger partial charge in [-0.3, -0.25) is 0 Å². The summed E-state index contributed by atoms with van der Waals surface area (Å²) < 4.78 is 41.1. The average molecular weight is 247 g/mol. The number of ether oxygens (including phenoxy) is 1. The van der Waals surface area contributed by atoms with Gasteiger partial charge in [-0.15, -0.1) is 0 Å². The molecule has 0 heterocycles. The Morgan fingerprint density at radius 1 is 1.35 bits per heavy atom. The number of alkyl halides is 3. The van der Waals surface area contributed by atoms with Crippen molar-refractivity contribution in [3.8, 4) is 5.75 Å². The van der Waals surface area contributed by atoms with E-state index in [1.54, 1.807) is 19.1 Å². The van der Waals surface area contributed by atoms with Gasteiger partial charge in [0.2, 0.25) is 0 Å². The van der Waals surface area contributed by atoms with E-state index in [-0.39, 0.29) is 12.6 Å². The molecule has 0 fully saturated rings. The third-order valence-corrected chi connectivity index (χ3v) is 2.30. The molecular formula is C12H16F3NO. The molecule has 0 saturated carbocycles. The topological polar surface area (TPSA) is 35.2 Å². The van der Waals surface area contributed by atoms with E-state index in [0.29, 0.717) is 5.75 Å². The highest BCUT2D eigenvalue weighted by Gasteiger charge is 2.27. The van der Waals surface area contributed by atoms with E-state index in [1.807, 2.05) is 13.0 Å². The summed E-state index contributed by atoms with van der Waals surface area (Å²) in [5, 5.41) is 0. The van der Waals surface area contributed by atoms with Crippen LogP contribution in [0.5, 0.6) is 5.75 Å². The number of aryl methyl sites for hydroxylation is 1. The van der Waals surface area contributed by atoms with E-state index in [2.05, 4.69) is 0 Å². The Morgan fingerprint density at radius 2 is 2.00 bits per heavy atom. The SMILES string of the molecule is Cc1ccc(OCCC(F)(F)F)c([C@@H](C)N)c1. The minimum atomic E-state index is -4.20. The minimum absolute atomic E-state index is 0.268. The second kappa shape index (κ2) is 5.40. The van der Waals surface area contributed by atoms with Crippen LogP contribution in [0.4, 0.5) is 13.2 Å². The molecule has 0 bridgehead atoms. The Morgan fingerprint density at radius 3 is 2.53 bits per heavy atom. The molecule has 0 amide bonds. The van der Waals surface area contributed by atoms with Gasteiger partial charge in [0.05, 0.1) is 13.0 Å². The molecule has 1 atom stereocenters. The lowest BCUT2D eigenvalue weighted by Crippen LogP contribution is -2.14. The van der Waals surface area contributed by atoms with Gasteiger partial charge in [0.1, 0.15) is 5.75 Å². The molecule has 5 heteroatoms. The third-order valence-electron chi connectivity index (χ3n) is 2.30. The number of nitrogens with two attached hydrogens (primary N) is 1. The largest absolute Gasteiger partial charge is 0.493 e. The van der Waals surface area contributed by atoms with Crippen molar-refractivity contribution in [2.75, 3.05) is 6.61 Å². The number of hydrogen-bond acceptors (Lipinski definition) is 2. The van der Waals surface area contributed by atoms with Gasteiger partial charge in [0, 0.05) is 11.6 Å². The first-order valence-electron chi connectivity index (χ1n) is 5.35. The molecule has 0 aliphatic heterocycles. The summed E-state index contributed by atoms with van der Waals surface area (Å²) in [6.07, 6.45) is -5.15. The van der Waals surface area contributed by atoms with Crippen LogP contribution in [0.3, 0.4) is 0 Å². The Balaban J connectivity index is 2.70. The summed E-state index contributed by atoms with van der Waals surface area (Å²) in [4.78, 5) is 0. The van der Waals surface area contributed by atoms with Crippen LogP contribution in [0.2, 0.25) is 0 Å². The van der Waals surface area contributed by atoms with Crippen molar-refractivity contribution in [1.82, 2.24) is 0 Å². The van der Waals surface area contributed by atoms with Gasteiger partial charge in [-0.2, -0.15) is 13.2 Å². The highest BCUT2D eigenvalue weighted by Crippen LogP contribution is 2.26. The molecule has 0 aliphatic rings. The molecule has 0 spiro atoms. The van der Waals surface area contributed by atoms with Crippen molar-refractivity contribution in [2.24, 2.45) is 5.73 Å². The first-order chi connectivity index (χ1) is 7.79. The van der Waals surface area contributed by atoms with Gasteiger partial charge in [0.25, 0.3) is 0 Å². The maximum Gasteiger partial charge on any atom is 0.392 e. The molecular weight excluding hydrogens is 231 g/mol. The van der Waals surface area contributed by atoms with Crippen LogP contribution in [0.15, 0.2) is 18.2 Å². The summed E-state index contributed by atoms with van der Waals surface area (Å²) in [6, 6.07) is 5.00. The van der Waals surface area contributed by atoms with E-state index in [1.165, 1.54) is 0 Å². The lowest BCUT2D eigenvalue weighted by molar-refractivity contribution is -0.139. The van der Waals surface area contributed by atoms with E-state index in [9.17, 15) is 13.2 Å². The Bertz CT molecular complexity index is 375. The van der Waals surface area contributed by atoms with E-state index in [4.69, 9.17) is 10.5 Å². The summed E-state index contributed by atoms with van der Waals surface area (Å²) in [5.74, 6) is 0.426. The van der Waals surface area contributed by atoms with Crippen molar-refractivity contribution in [2.45, 2.75) is 32.5 Å². The van der Waals surface area contributed by atoms with Crippen LogP contribution >= 0.6 is 0 Å². The lowest BCUT2D eigenvalue weighted by Gasteiger charge is -2.15. The molecule has 0 radical (unpaired) electrons. The van der Waals surface area contributed by atoms with Gasteiger partial charge in [-0.25, -0.2) is 0 Å². The lowest BCUT2D eigenvalue weighted by atomic mass is 10.1. The third kappa shape index (κ3) is 4.65. The van der Waals surface area contributed by atoms with Crippen molar-refractivity contribution < 1.29 is 17.9 Å². The number of rotatable bonds is 4. The van der Waals surface area contributed by atoms with Gasteiger partial charge >= 0.3 is 6.18 Å². The maximum atomic E-state index is 12.0. The molecule has 1 aromatic carbocycles. The summed E-state index contributed by atoms with van der Waals surface area (Å²) in [5.41, 5.74) is 7.47. The molecule has 2 nitrogen and oxygen atoms in total. The fourth-order valence-corrected chi connectivity index (χ4v) is 1.43. The highest BCUT2D eigenvalue weighted by molar-refractivity contribution is 5.38. The molecule has 0 saturated heterocycles. The number of benzene rings is 1. The van der Waals surface area contributed by atoms with Crippen LogP contribution < -0.4 is 10.5 Å². The molecule has 96 valence electrons. The second-order valence-electron chi connectivity index (χ2n) is 4.04. The van der Waals surface area contributed by atoms with Crippen molar-refractivity contribution in [3.05, 3.63) is 29.3 Å². The van der Waals surface area contributed by atoms with Crippen LogP contribution in [0, 0.1) is 6.92 Å². The predicted octanol–water partition coefficient (Wildman–Crippen LogP) is 3.35. The number of halogens is 3. The fourth-order valence-electron chi connectivity index (χ4n) is 1.43. The molecule has 0 unspecified atom stereocenters. The van der Waals surface area contributed by atoms with E-state index >= 15 is 0 Å². The average Bonchev–Trinajstić information content (AvgIpc) is 2.18. The minimum Gasteiger partial charge on any atom is -0.493 e. The van der Waals surface area contributed by atoms with Crippen molar-refractivity contribution in [3.63, 3.8) is 0 Å². The molecule has 17 heavy (non-hydrogen) atoms. The first kappa shape index (κ1) is 13.8. The second-order valence-corrected chi connectivity index (χ2v) is 4.04. The molecule has 0 aromatic heterocycles. The zero-order valence-corrected chi connectivity index (χ0v) is 9.84. The predicted molar refractivity (Wildman–Crippen MR) is 59.9 cm³/mol. The number of hydrogen-bond donors (Lipinski definition) is 1. The zero-order chi connectivity index (χ0) is 13.1. The van der Waals surface area contributed by atoms with Gasteiger partial charge in [-0.05, 0) is 19.9 Å². The van der Waals surface area contributed by atoms with Crippen LogP contribution in [-0.4, -0.2) is 12.8 Å². The van der Waals surface area contributed by atoms with Crippen LogP contribution in [0.25, 0.3) is 0 Å². The van der Waals surface area contributed by atoms with Crippen LogP contribution in [-0.2, 0) is 0 Å². The Kier molecular flexibility index (Phi) is 4.40. The van der Waals surface area contributed by atoms with Crippen molar-refractivity contribution >= 4 is 0 Å². The molecule has 1 aromatic rings. The summed E-state index contributed by atoms with van der Waals surface area (Å²) in [6.45, 7) is 3.28. The molecule has 2 N–H and O–H groups in total. The van der Waals surface area contributed by atoms with Crippen LogP contribution in [0.1, 0.15) is 30.5 Å². The fraction of sp³-hybridized carbons (Fsp3) is 0.500. The van der Waals surface area contributed by atoms with E-state index < -0.39 is 12.6 Å². The molecule has 0 aliphatic carbocycles.